The van der Waals surface area contributed by atoms with Gasteiger partial charge < -0.3 is 29.7 Å². The molecule has 11 heteroatoms. The molecular weight excluding hydrogens is 600 g/mol. The lowest BCUT2D eigenvalue weighted by Crippen LogP contribution is -2.40. The highest BCUT2D eigenvalue weighted by molar-refractivity contribution is 5.94. The van der Waals surface area contributed by atoms with Crippen LogP contribution in [0, 0.1) is 17.6 Å². The van der Waals surface area contributed by atoms with Gasteiger partial charge in [-0.05, 0) is 98.7 Å². The molecule has 3 aromatic carbocycles. The third-order valence-corrected chi connectivity index (χ3v) is 7.65. The molecule has 0 bridgehead atoms. The van der Waals surface area contributed by atoms with Crippen molar-refractivity contribution in [3.05, 3.63) is 107 Å². The molecule has 3 N–H and O–H groups in total. The van der Waals surface area contributed by atoms with Crippen LogP contribution in [0.3, 0.4) is 0 Å². The van der Waals surface area contributed by atoms with Gasteiger partial charge in [0.15, 0.2) is 17.3 Å². The monoisotopic (exact) mass is 639 g/mol. The number of Topliss-reactive ketones (excluding diaryl/α,β-unsaturated/α-hetero) is 1. The lowest BCUT2D eigenvalue weighted by molar-refractivity contribution is -0.134. The summed E-state index contributed by atoms with van der Waals surface area (Å²) < 4.78 is 38.5. The number of likely N-dealkylation sites (tertiary alicyclic amines) is 1. The average Bonchev–Trinajstić information content (AvgIpc) is 3.03. The molecule has 1 aliphatic rings. The third kappa shape index (κ3) is 10.8. The number of rotatable bonds is 13. The maximum atomic E-state index is 13.6. The van der Waals surface area contributed by atoms with Crippen molar-refractivity contribution in [1.29, 1.82) is 0 Å². The number of ketones is 1. The SMILES string of the molecule is COc1cc(C(C)=O)ccc1OCCCN1CCCC(CC(O)(c2ccc(F)cc2)c2ccc(F)cc2)C1.O=C(O)/C=C/C(=O)O. The van der Waals surface area contributed by atoms with Crippen molar-refractivity contribution in [3.8, 4) is 11.5 Å². The number of halogens is 2. The predicted octanol–water partition coefficient (Wildman–Crippen LogP) is 5.69. The topological polar surface area (TPSA) is 134 Å². The van der Waals surface area contributed by atoms with Crippen molar-refractivity contribution in [2.24, 2.45) is 5.92 Å². The Morgan fingerprint density at radius 3 is 1.98 bits per heavy atom. The van der Waals surface area contributed by atoms with E-state index < -0.39 is 17.5 Å². The molecule has 3 aromatic rings. The minimum Gasteiger partial charge on any atom is -0.493 e. The summed E-state index contributed by atoms with van der Waals surface area (Å²) in [5.41, 5.74) is 0.428. The van der Waals surface area contributed by atoms with Gasteiger partial charge in [0.1, 0.15) is 17.2 Å². The zero-order valence-electron chi connectivity index (χ0n) is 25.8. The van der Waals surface area contributed by atoms with E-state index in [1.54, 1.807) is 49.6 Å². The highest BCUT2D eigenvalue weighted by atomic mass is 19.1. The van der Waals surface area contributed by atoms with Crippen molar-refractivity contribution in [2.75, 3.05) is 33.4 Å². The fraction of sp³-hybridized carbons (Fsp3) is 0.343. The number of nitrogens with zero attached hydrogens (tertiary/aromatic N) is 1. The van der Waals surface area contributed by atoms with Gasteiger partial charge in [-0.3, -0.25) is 4.79 Å². The van der Waals surface area contributed by atoms with Crippen LogP contribution in [-0.2, 0) is 15.2 Å². The first kappa shape index (κ1) is 35.9. The molecule has 9 nitrogen and oxygen atoms in total. The molecule has 0 amide bonds. The largest absolute Gasteiger partial charge is 0.493 e. The van der Waals surface area contributed by atoms with Gasteiger partial charge in [-0.1, -0.05) is 24.3 Å². The first-order valence-electron chi connectivity index (χ1n) is 14.8. The van der Waals surface area contributed by atoms with Crippen LogP contribution in [0.15, 0.2) is 78.9 Å². The zero-order chi connectivity index (χ0) is 33.7. The van der Waals surface area contributed by atoms with E-state index in [0.29, 0.717) is 53.4 Å². The summed E-state index contributed by atoms with van der Waals surface area (Å²) in [6.07, 6.45) is 4.36. The van der Waals surface area contributed by atoms with Gasteiger partial charge >= 0.3 is 11.9 Å². The number of ether oxygens (including phenoxy) is 2. The molecule has 0 aromatic heterocycles. The minimum atomic E-state index is -1.35. The number of piperidine rings is 1. The molecule has 1 fully saturated rings. The minimum absolute atomic E-state index is 0.0275. The summed E-state index contributed by atoms with van der Waals surface area (Å²) in [5.74, 6) is -1.92. The van der Waals surface area contributed by atoms with E-state index in [4.69, 9.17) is 19.7 Å². The molecule has 246 valence electrons. The lowest BCUT2D eigenvalue weighted by Gasteiger charge is -2.38. The number of benzene rings is 3. The fourth-order valence-electron chi connectivity index (χ4n) is 5.41. The van der Waals surface area contributed by atoms with Crippen LogP contribution in [0.2, 0.25) is 0 Å². The Morgan fingerprint density at radius 1 is 0.913 bits per heavy atom. The van der Waals surface area contributed by atoms with E-state index in [9.17, 15) is 28.3 Å². The molecule has 1 atom stereocenters. The maximum Gasteiger partial charge on any atom is 0.328 e. The van der Waals surface area contributed by atoms with Crippen LogP contribution in [-0.4, -0.2) is 71.3 Å². The van der Waals surface area contributed by atoms with Crippen molar-refractivity contribution < 1.29 is 48.0 Å². The second kappa shape index (κ2) is 17.2. The summed E-state index contributed by atoms with van der Waals surface area (Å²) >= 11 is 0. The Balaban J connectivity index is 0.000000637. The fourth-order valence-corrected chi connectivity index (χ4v) is 5.41. The van der Waals surface area contributed by atoms with Crippen molar-refractivity contribution in [3.63, 3.8) is 0 Å². The van der Waals surface area contributed by atoms with Gasteiger partial charge in [-0.25, -0.2) is 18.4 Å². The Hall–Kier alpha value is -4.61. The number of carbonyl (C=O) groups excluding carboxylic acids is 1. The normalized spacial score (nSPS) is 15.1. The molecule has 0 aliphatic carbocycles. The van der Waals surface area contributed by atoms with E-state index >= 15 is 0 Å². The second-order valence-electron chi connectivity index (χ2n) is 11.0. The van der Waals surface area contributed by atoms with Gasteiger partial charge in [-0.15, -0.1) is 0 Å². The Bertz CT molecular complexity index is 1430. The molecule has 1 saturated heterocycles. The summed E-state index contributed by atoms with van der Waals surface area (Å²) in [5, 5.41) is 27.5. The molecule has 0 saturated carbocycles. The number of carboxylic acid groups (broad SMARTS) is 2. The number of hydrogen-bond donors (Lipinski definition) is 3. The molecule has 0 radical (unpaired) electrons. The highest BCUT2D eigenvalue weighted by Crippen LogP contribution is 2.38. The van der Waals surface area contributed by atoms with E-state index in [1.165, 1.54) is 31.2 Å². The lowest BCUT2D eigenvalue weighted by atomic mass is 9.77. The smallest absolute Gasteiger partial charge is 0.328 e. The highest BCUT2D eigenvalue weighted by Gasteiger charge is 2.36. The average molecular weight is 640 g/mol. The van der Waals surface area contributed by atoms with Gasteiger partial charge in [-0.2, -0.15) is 0 Å². The number of aliphatic hydroxyl groups is 1. The first-order chi connectivity index (χ1) is 21.9. The molecule has 1 unspecified atom stereocenters. The summed E-state index contributed by atoms with van der Waals surface area (Å²) in [6, 6.07) is 17.0. The van der Waals surface area contributed by atoms with Crippen LogP contribution in [0.4, 0.5) is 8.78 Å². The molecule has 1 aliphatic heterocycles. The van der Waals surface area contributed by atoms with Gasteiger partial charge in [0.25, 0.3) is 0 Å². The van der Waals surface area contributed by atoms with Crippen LogP contribution < -0.4 is 9.47 Å². The van der Waals surface area contributed by atoms with E-state index in [-0.39, 0.29) is 23.3 Å². The predicted molar refractivity (Wildman–Crippen MR) is 167 cm³/mol. The molecular formula is C35H39F2NO8. The van der Waals surface area contributed by atoms with Crippen molar-refractivity contribution in [2.45, 2.75) is 38.2 Å². The molecule has 0 spiro atoms. The number of carbonyl (C=O) groups is 3. The first-order valence-corrected chi connectivity index (χ1v) is 14.8. The molecule has 1 heterocycles. The quantitative estimate of drug-likeness (QED) is 0.122. The second-order valence-corrected chi connectivity index (χ2v) is 11.0. The Labute approximate surface area is 266 Å². The van der Waals surface area contributed by atoms with Crippen LogP contribution in [0.1, 0.15) is 54.1 Å². The van der Waals surface area contributed by atoms with Gasteiger partial charge in [0, 0.05) is 30.8 Å². The standard InChI is InChI=1S/C31H35F2NO4.C4H4O4/c1-22(35)24-6-15-29(30(19-24)37-2)38-18-4-17-34-16-3-5-23(21-34)20-31(36,25-7-11-27(32)12-8-25)26-9-13-28(33)14-10-26;5-3(6)1-2-4(7)8/h6-15,19,23,36H,3-5,16-18,20-21H2,1-2H3;1-2H,(H,5,6)(H,7,8)/b;2-1+. The summed E-state index contributed by atoms with van der Waals surface area (Å²) in [6.45, 7) is 4.66. The molecule has 4 rings (SSSR count). The maximum absolute atomic E-state index is 13.6. The number of hydrogen-bond acceptors (Lipinski definition) is 7. The number of carboxylic acids is 2. The Morgan fingerprint density at radius 2 is 1.48 bits per heavy atom. The van der Waals surface area contributed by atoms with Crippen LogP contribution in [0.5, 0.6) is 11.5 Å². The van der Waals surface area contributed by atoms with Crippen molar-refractivity contribution in [1.82, 2.24) is 4.90 Å². The summed E-state index contributed by atoms with van der Waals surface area (Å²) in [7, 11) is 1.55. The number of methoxy groups -OCH3 is 1. The number of aliphatic carboxylic acids is 2. The zero-order valence-corrected chi connectivity index (χ0v) is 25.8. The van der Waals surface area contributed by atoms with Crippen molar-refractivity contribution >= 4 is 17.7 Å². The van der Waals surface area contributed by atoms with Gasteiger partial charge in [0.05, 0.1) is 13.7 Å². The van der Waals surface area contributed by atoms with Gasteiger partial charge in [0.2, 0.25) is 0 Å². The van der Waals surface area contributed by atoms with Crippen LogP contribution in [0.25, 0.3) is 0 Å². The van der Waals surface area contributed by atoms with E-state index in [0.717, 1.165) is 38.9 Å². The summed E-state index contributed by atoms with van der Waals surface area (Å²) in [4.78, 5) is 33.1. The van der Waals surface area contributed by atoms with E-state index in [2.05, 4.69) is 4.90 Å². The van der Waals surface area contributed by atoms with E-state index in [1.807, 2.05) is 0 Å². The van der Waals surface area contributed by atoms with Crippen LogP contribution >= 0.6 is 0 Å². The Kier molecular flexibility index (Phi) is 13.4. The third-order valence-electron chi connectivity index (χ3n) is 7.65. The molecule has 46 heavy (non-hydrogen) atoms.